The first-order valence-electron chi connectivity index (χ1n) is 7.10. The number of rotatable bonds is 4. The lowest BCUT2D eigenvalue weighted by molar-refractivity contribution is 0.0876. The third kappa shape index (κ3) is 3.64. The van der Waals surface area contributed by atoms with Crippen molar-refractivity contribution < 1.29 is 13.9 Å². The van der Waals surface area contributed by atoms with E-state index in [4.69, 9.17) is 9.15 Å². The van der Waals surface area contributed by atoms with Crippen LogP contribution in [0, 0.1) is 0 Å². The van der Waals surface area contributed by atoms with E-state index in [-0.39, 0.29) is 5.91 Å². The highest BCUT2D eigenvalue weighted by atomic mass is 16.5. The molecule has 1 saturated heterocycles. The Morgan fingerprint density at radius 3 is 2.62 bits per heavy atom. The molecule has 1 aliphatic heterocycles. The number of carbonyl (C=O) groups is 1. The number of furan rings is 1. The minimum Gasteiger partial charge on any atom is -0.459 e. The zero-order valence-electron chi connectivity index (χ0n) is 11.7. The van der Waals surface area contributed by atoms with Gasteiger partial charge in [0.2, 0.25) is 0 Å². The highest BCUT2D eigenvalue weighted by molar-refractivity contribution is 6.02. The number of hydrogen-bond donors (Lipinski definition) is 2. The van der Waals surface area contributed by atoms with Crippen molar-refractivity contribution in [3.05, 3.63) is 48.4 Å². The monoisotopic (exact) mass is 286 g/mol. The van der Waals surface area contributed by atoms with E-state index >= 15 is 0 Å². The maximum atomic E-state index is 11.8. The van der Waals surface area contributed by atoms with Crippen LogP contribution in [0.5, 0.6) is 0 Å². The van der Waals surface area contributed by atoms with Crippen LogP contribution in [-0.4, -0.2) is 25.2 Å². The van der Waals surface area contributed by atoms with Crippen LogP contribution in [0.3, 0.4) is 0 Å². The molecule has 2 heterocycles. The number of carbonyl (C=O) groups excluding carboxylic acids is 1. The van der Waals surface area contributed by atoms with E-state index in [0.29, 0.717) is 11.8 Å². The van der Waals surface area contributed by atoms with Gasteiger partial charge in [0.15, 0.2) is 5.76 Å². The number of anilines is 2. The molecule has 5 nitrogen and oxygen atoms in total. The van der Waals surface area contributed by atoms with E-state index in [1.807, 2.05) is 24.3 Å². The number of hydrogen-bond acceptors (Lipinski definition) is 4. The number of amides is 1. The summed E-state index contributed by atoms with van der Waals surface area (Å²) in [6.45, 7) is 1.60. The van der Waals surface area contributed by atoms with E-state index in [9.17, 15) is 4.79 Å². The molecule has 110 valence electrons. The van der Waals surface area contributed by atoms with Crippen LogP contribution in [0.15, 0.2) is 47.1 Å². The molecule has 2 aromatic rings. The highest BCUT2D eigenvalue weighted by Crippen LogP contribution is 2.18. The average molecular weight is 286 g/mol. The number of ether oxygens (including phenoxy) is 1. The Hall–Kier alpha value is -2.27. The van der Waals surface area contributed by atoms with Crippen LogP contribution in [0.4, 0.5) is 11.4 Å². The van der Waals surface area contributed by atoms with Crippen LogP contribution in [0.1, 0.15) is 23.4 Å². The Morgan fingerprint density at radius 2 is 1.95 bits per heavy atom. The van der Waals surface area contributed by atoms with Gasteiger partial charge in [0.05, 0.1) is 12.9 Å². The molecule has 0 spiro atoms. The molecule has 1 aromatic heterocycles. The lowest BCUT2D eigenvalue weighted by Gasteiger charge is -2.24. The maximum Gasteiger partial charge on any atom is 0.291 e. The van der Waals surface area contributed by atoms with Crippen molar-refractivity contribution in [1.82, 2.24) is 0 Å². The predicted molar refractivity (Wildman–Crippen MR) is 80.6 cm³/mol. The van der Waals surface area contributed by atoms with E-state index in [0.717, 1.165) is 37.4 Å². The maximum absolute atomic E-state index is 11.8. The number of benzene rings is 1. The van der Waals surface area contributed by atoms with Crippen molar-refractivity contribution in [2.75, 3.05) is 23.8 Å². The van der Waals surface area contributed by atoms with Gasteiger partial charge in [-0.3, -0.25) is 4.79 Å². The Morgan fingerprint density at radius 1 is 1.14 bits per heavy atom. The minimum atomic E-state index is -0.249. The van der Waals surface area contributed by atoms with Gasteiger partial charge in [-0.15, -0.1) is 0 Å². The third-order valence-electron chi connectivity index (χ3n) is 3.42. The Kier molecular flexibility index (Phi) is 4.21. The molecule has 1 fully saturated rings. The Bertz CT molecular complexity index is 572. The molecule has 0 unspecified atom stereocenters. The van der Waals surface area contributed by atoms with Crippen molar-refractivity contribution in [1.29, 1.82) is 0 Å². The first-order chi connectivity index (χ1) is 10.3. The zero-order chi connectivity index (χ0) is 14.5. The van der Waals surface area contributed by atoms with Gasteiger partial charge in [-0.25, -0.2) is 0 Å². The van der Waals surface area contributed by atoms with Crippen molar-refractivity contribution in [3.63, 3.8) is 0 Å². The van der Waals surface area contributed by atoms with E-state index in [1.165, 1.54) is 6.26 Å². The summed E-state index contributed by atoms with van der Waals surface area (Å²) in [5.74, 6) is 0.0537. The first-order valence-corrected chi connectivity index (χ1v) is 7.10. The largest absolute Gasteiger partial charge is 0.459 e. The van der Waals surface area contributed by atoms with Crippen molar-refractivity contribution in [2.24, 2.45) is 0 Å². The molecule has 1 atom stereocenters. The average Bonchev–Trinajstić information content (AvgIpc) is 3.05. The molecule has 2 N–H and O–H groups in total. The second kappa shape index (κ2) is 6.45. The van der Waals surface area contributed by atoms with Gasteiger partial charge in [-0.05, 0) is 49.2 Å². The van der Waals surface area contributed by atoms with Crippen LogP contribution in [-0.2, 0) is 4.74 Å². The standard InChI is InChI=1S/C16H18N2O3/c19-16(15-4-2-10-21-15)18-13-7-5-12(6-8-13)17-14-3-1-9-20-11-14/h2,4-8,10,14,17H,1,3,9,11H2,(H,18,19)/t14-/m1/s1. The molecule has 0 aliphatic carbocycles. The molecule has 1 aliphatic rings. The molecule has 1 amide bonds. The fourth-order valence-corrected chi connectivity index (χ4v) is 2.34. The molecule has 1 aromatic carbocycles. The van der Waals surface area contributed by atoms with Crippen LogP contribution >= 0.6 is 0 Å². The topological polar surface area (TPSA) is 63.5 Å². The Labute approximate surface area is 123 Å². The van der Waals surface area contributed by atoms with Gasteiger partial charge in [-0.2, -0.15) is 0 Å². The summed E-state index contributed by atoms with van der Waals surface area (Å²) >= 11 is 0. The predicted octanol–water partition coefficient (Wildman–Crippen LogP) is 3.12. The second-order valence-electron chi connectivity index (χ2n) is 5.07. The lowest BCUT2D eigenvalue weighted by atomic mass is 10.1. The molecular weight excluding hydrogens is 268 g/mol. The molecule has 0 saturated carbocycles. The smallest absolute Gasteiger partial charge is 0.291 e. The Balaban J connectivity index is 1.57. The fraction of sp³-hybridized carbons (Fsp3) is 0.312. The van der Waals surface area contributed by atoms with E-state index in [1.54, 1.807) is 12.1 Å². The summed E-state index contributed by atoms with van der Waals surface area (Å²) < 4.78 is 10.5. The molecule has 21 heavy (non-hydrogen) atoms. The summed E-state index contributed by atoms with van der Waals surface area (Å²) in [5, 5.41) is 6.22. The van der Waals surface area contributed by atoms with Crippen LogP contribution < -0.4 is 10.6 Å². The van der Waals surface area contributed by atoms with Gasteiger partial charge in [-0.1, -0.05) is 0 Å². The van der Waals surface area contributed by atoms with Crippen molar-refractivity contribution in [2.45, 2.75) is 18.9 Å². The summed E-state index contributed by atoms with van der Waals surface area (Å²) in [4.78, 5) is 11.8. The van der Waals surface area contributed by atoms with Crippen LogP contribution in [0.25, 0.3) is 0 Å². The van der Waals surface area contributed by atoms with Crippen molar-refractivity contribution in [3.8, 4) is 0 Å². The molecular formula is C16H18N2O3. The molecule has 3 rings (SSSR count). The van der Waals surface area contributed by atoms with Crippen LogP contribution in [0.2, 0.25) is 0 Å². The molecule has 0 radical (unpaired) electrons. The highest BCUT2D eigenvalue weighted by Gasteiger charge is 2.13. The summed E-state index contributed by atoms with van der Waals surface area (Å²) in [7, 11) is 0. The lowest BCUT2D eigenvalue weighted by Crippen LogP contribution is -2.29. The van der Waals surface area contributed by atoms with Gasteiger partial charge in [0, 0.05) is 24.0 Å². The van der Waals surface area contributed by atoms with Gasteiger partial charge in [0.25, 0.3) is 5.91 Å². The summed E-state index contributed by atoms with van der Waals surface area (Å²) in [5.41, 5.74) is 1.77. The normalized spacial score (nSPS) is 18.2. The summed E-state index contributed by atoms with van der Waals surface area (Å²) in [6, 6.07) is 11.3. The number of nitrogens with one attached hydrogen (secondary N) is 2. The van der Waals surface area contributed by atoms with Gasteiger partial charge < -0.3 is 19.8 Å². The summed E-state index contributed by atoms with van der Waals surface area (Å²) in [6.07, 6.45) is 3.69. The van der Waals surface area contributed by atoms with Crippen molar-refractivity contribution >= 4 is 17.3 Å². The van der Waals surface area contributed by atoms with Gasteiger partial charge in [0.1, 0.15) is 0 Å². The van der Waals surface area contributed by atoms with E-state index < -0.39 is 0 Å². The molecule has 5 heteroatoms. The minimum absolute atomic E-state index is 0.249. The fourth-order valence-electron chi connectivity index (χ4n) is 2.34. The third-order valence-corrected chi connectivity index (χ3v) is 3.42. The zero-order valence-corrected chi connectivity index (χ0v) is 11.7. The molecule has 0 bridgehead atoms. The SMILES string of the molecule is O=C(Nc1ccc(N[C@@H]2CCCOC2)cc1)c1ccco1. The second-order valence-corrected chi connectivity index (χ2v) is 5.07. The van der Waals surface area contributed by atoms with E-state index in [2.05, 4.69) is 10.6 Å². The quantitative estimate of drug-likeness (QED) is 0.906. The van der Waals surface area contributed by atoms with Gasteiger partial charge >= 0.3 is 0 Å². The first kappa shape index (κ1) is 13.7.